The molecule has 3 rings (SSSR count). The summed E-state index contributed by atoms with van der Waals surface area (Å²) >= 11 is 1.70. The Morgan fingerprint density at radius 3 is 2.75 bits per heavy atom. The van der Waals surface area contributed by atoms with Gasteiger partial charge in [-0.05, 0) is 12.5 Å². The summed E-state index contributed by atoms with van der Waals surface area (Å²) in [4.78, 5) is 6.85. The highest BCUT2D eigenvalue weighted by Gasteiger charge is 2.13. The summed E-state index contributed by atoms with van der Waals surface area (Å²) in [5.41, 5.74) is 3.64. The second kappa shape index (κ2) is 8.04. The molecule has 2 heterocycles. The zero-order valence-electron chi connectivity index (χ0n) is 13.9. The molecule has 0 fully saturated rings. The Balaban J connectivity index is 1.77. The highest BCUT2D eigenvalue weighted by Crippen LogP contribution is 2.17. The van der Waals surface area contributed by atoms with E-state index in [-0.39, 0.29) is 0 Å². The van der Waals surface area contributed by atoms with Crippen LogP contribution in [0.15, 0.2) is 60.8 Å². The Kier molecular flexibility index (Phi) is 5.56. The van der Waals surface area contributed by atoms with Gasteiger partial charge in [-0.2, -0.15) is 5.10 Å². The topological polar surface area (TPSA) is 34.0 Å². The van der Waals surface area contributed by atoms with Gasteiger partial charge in [0.25, 0.3) is 0 Å². The molecule has 2 aromatic heterocycles. The molecule has 0 bridgehead atoms. The highest BCUT2D eigenvalue weighted by atomic mass is 32.1. The van der Waals surface area contributed by atoms with Crippen LogP contribution in [0, 0.1) is 6.92 Å². The van der Waals surface area contributed by atoms with Gasteiger partial charge in [-0.25, -0.2) is 4.98 Å². The van der Waals surface area contributed by atoms with Crippen molar-refractivity contribution in [3.63, 3.8) is 0 Å². The zero-order chi connectivity index (χ0) is 16.8. The van der Waals surface area contributed by atoms with Crippen LogP contribution in [-0.2, 0) is 26.2 Å². The molecule has 0 saturated heterocycles. The van der Waals surface area contributed by atoms with Crippen molar-refractivity contribution in [1.29, 1.82) is 0 Å². The summed E-state index contributed by atoms with van der Waals surface area (Å²) in [5, 5.41) is 7.74. The fourth-order valence-electron chi connectivity index (χ4n) is 2.71. The number of allylic oxidation sites excluding steroid dienone is 1. The maximum Gasteiger partial charge on any atom is 0.107 e. The molecule has 0 aliphatic heterocycles. The minimum Gasteiger partial charge on any atom is -0.288 e. The Morgan fingerprint density at radius 2 is 2.04 bits per heavy atom. The van der Waals surface area contributed by atoms with E-state index in [0.717, 1.165) is 36.9 Å². The third-order valence-electron chi connectivity index (χ3n) is 3.85. The SMILES string of the molecule is C=CCn1cc(CN(Cc2ccccc2)Cc2nccs2)c(C)n1. The number of aromatic nitrogens is 3. The van der Waals surface area contributed by atoms with Gasteiger partial charge in [0.1, 0.15) is 5.01 Å². The second-order valence-corrected chi connectivity index (χ2v) is 6.79. The quantitative estimate of drug-likeness (QED) is 0.581. The number of aryl methyl sites for hydroxylation is 1. The van der Waals surface area contributed by atoms with E-state index >= 15 is 0 Å². The Hall–Kier alpha value is -2.24. The van der Waals surface area contributed by atoms with Crippen LogP contribution in [0.3, 0.4) is 0 Å². The van der Waals surface area contributed by atoms with Gasteiger partial charge in [0.15, 0.2) is 0 Å². The summed E-state index contributed by atoms with van der Waals surface area (Å²) in [5.74, 6) is 0. The molecular formula is C19H22N4S. The van der Waals surface area contributed by atoms with Crippen LogP contribution in [0.5, 0.6) is 0 Å². The van der Waals surface area contributed by atoms with E-state index in [1.165, 1.54) is 11.1 Å². The lowest BCUT2D eigenvalue weighted by molar-refractivity contribution is 0.247. The van der Waals surface area contributed by atoms with Crippen molar-refractivity contribution in [1.82, 2.24) is 19.7 Å². The first-order chi connectivity index (χ1) is 11.7. The lowest BCUT2D eigenvalue weighted by atomic mass is 10.2. The third-order valence-corrected chi connectivity index (χ3v) is 4.61. The minimum atomic E-state index is 0.742. The molecule has 1 aromatic carbocycles. The molecule has 0 saturated carbocycles. The third kappa shape index (κ3) is 4.40. The molecule has 5 heteroatoms. The van der Waals surface area contributed by atoms with Gasteiger partial charge in [0.2, 0.25) is 0 Å². The van der Waals surface area contributed by atoms with Crippen LogP contribution in [0.1, 0.15) is 21.8 Å². The van der Waals surface area contributed by atoms with Crippen molar-refractivity contribution in [2.45, 2.75) is 33.1 Å². The monoisotopic (exact) mass is 338 g/mol. The normalized spacial score (nSPS) is 11.1. The predicted octanol–water partition coefficient (Wildman–Crippen LogP) is 4.04. The molecule has 0 atom stereocenters. The fourth-order valence-corrected chi connectivity index (χ4v) is 3.37. The smallest absolute Gasteiger partial charge is 0.107 e. The van der Waals surface area contributed by atoms with E-state index in [2.05, 4.69) is 65.0 Å². The van der Waals surface area contributed by atoms with Crippen molar-refractivity contribution in [3.05, 3.63) is 82.6 Å². The average molecular weight is 338 g/mol. The fraction of sp³-hybridized carbons (Fsp3) is 0.263. The van der Waals surface area contributed by atoms with E-state index in [4.69, 9.17) is 0 Å². The first kappa shape index (κ1) is 16.6. The van der Waals surface area contributed by atoms with Crippen LogP contribution < -0.4 is 0 Å². The molecule has 0 aliphatic rings. The van der Waals surface area contributed by atoms with Crippen molar-refractivity contribution in [3.8, 4) is 0 Å². The van der Waals surface area contributed by atoms with Crippen LogP contribution >= 0.6 is 11.3 Å². The molecule has 0 unspecified atom stereocenters. The van der Waals surface area contributed by atoms with Crippen LogP contribution in [-0.4, -0.2) is 19.7 Å². The maximum absolute atomic E-state index is 4.56. The van der Waals surface area contributed by atoms with Gasteiger partial charge >= 0.3 is 0 Å². The summed E-state index contributed by atoms with van der Waals surface area (Å²) in [6.07, 6.45) is 5.86. The molecule has 0 radical (unpaired) electrons. The molecule has 0 spiro atoms. The van der Waals surface area contributed by atoms with E-state index in [0.29, 0.717) is 0 Å². The van der Waals surface area contributed by atoms with E-state index in [1.54, 1.807) is 11.3 Å². The standard InChI is InChI=1S/C19H22N4S/c1-3-10-23-14-18(16(2)21-23)13-22(15-19-20-9-11-24-19)12-17-7-5-4-6-8-17/h3-9,11,14H,1,10,12-13,15H2,2H3. The van der Waals surface area contributed by atoms with Crippen molar-refractivity contribution in [2.24, 2.45) is 0 Å². The van der Waals surface area contributed by atoms with Gasteiger partial charge in [-0.3, -0.25) is 9.58 Å². The van der Waals surface area contributed by atoms with Crippen LogP contribution in [0.2, 0.25) is 0 Å². The molecular weight excluding hydrogens is 316 g/mol. The van der Waals surface area contributed by atoms with Crippen molar-refractivity contribution < 1.29 is 0 Å². The first-order valence-electron chi connectivity index (χ1n) is 8.03. The lowest BCUT2D eigenvalue weighted by Gasteiger charge is -2.21. The highest BCUT2D eigenvalue weighted by molar-refractivity contribution is 7.09. The summed E-state index contributed by atoms with van der Waals surface area (Å²) in [6.45, 7) is 9.19. The molecule has 0 amide bonds. The Bertz CT molecular complexity index is 762. The van der Waals surface area contributed by atoms with Gasteiger partial charge in [0.05, 0.1) is 18.8 Å². The number of nitrogens with zero attached hydrogens (tertiary/aromatic N) is 4. The molecule has 4 nitrogen and oxygen atoms in total. The molecule has 0 aliphatic carbocycles. The maximum atomic E-state index is 4.56. The van der Waals surface area contributed by atoms with Crippen molar-refractivity contribution in [2.75, 3.05) is 0 Å². The lowest BCUT2D eigenvalue weighted by Crippen LogP contribution is -2.22. The summed E-state index contributed by atoms with van der Waals surface area (Å²) in [6, 6.07) is 10.6. The van der Waals surface area contributed by atoms with Gasteiger partial charge in [0, 0.05) is 36.4 Å². The van der Waals surface area contributed by atoms with E-state index in [9.17, 15) is 0 Å². The number of rotatable bonds is 8. The molecule has 24 heavy (non-hydrogen) atoms. The van der Waals surface area contributed by atoms with Gasteiger partial charge < -0.3 is 0 Å². The van der Waals surface area contributed by atoms with Crippen LogP contribution in [0.25, 0.3) is 0 Å². The van der Waals surface area contributed by atoms with E-state index in [1.807, 2.05) is 22.3 Å². The first-order valence-corrected chi connectivity index (χ1v) is 8.91. The zero-order valence-corrected chi connectivity index (χ0v) is 14.7. The van der Waals surface area contributed by atoms with Gasteiger partial charge in [-0.1, -0.05) is 36.4 Å². The van der Waals surface area contributed by atoms with Gasteiger partial charge in [-0.15, -0.1) is 17.9 Å². The second-order valence-electron chi connectivity index (χ2n) is 5.81. The molecule has 0 N–H and O–H groups in total. The molecule has 124 valence electrons. The molecule has 3 aromatic rings. The number of hydrogen-bond donors (Lipinski definition) is 0. The predicted molar refractivity (Wildman–Crippen MR) is 98.7 cm³/mol. The van der Waals surface area contributed by atoms with Crippen molar-refractivity contribution >= 4 is 11.3 Å². The number of thiazole rings is 1. The summed E-state index contributed by atoms with van der Waals surface area (Å²) in [7, 11) is 0. The summed E-state index contributed by atoms with van der Waals surface area (Å²) < 4.78 is 1.95. The minimum absolute atomic E-state index is 0.742. The largest absolute Gasteiger partial charge is 0.288 e. The number of hydrogen-bond acceptors (Lipinski definition) is 4. The average Bonchev–Trinajstić information content (AvgIpc) is 3.19. The Morgan fingerprint density at radius 1 is 1.21 bits per heavy atom. The van der Waals surface area contributed by atoms with Crippen LogP contribution in [0.4, 0.5) is 0 Å². The van der Waals surface area contributed by atoms with E-state index < -0.39 is 0 Å². The Labute approximate surface area is 147 Å². The number of benzene rings is 1.